The highest BCUT2D eigenvalue weighted by atomic mass is 16.3. The molecule has 4 saturated heterocycles. The lowest BCUT2D eigenvalue weighted by Gasteiger charge is -2.47. The van der Waals surface area contributed by atoms with Crippen molar-refractivity contribution in [3.63, 3.8) is 0 Å². The van der Waals surface area contributed by atoms with Gasteiger partial charge in [0.1, 0.15) is 11.8 Å². The molecule has 4 N–H and O–H groups in total. The van der Waals surface area contributed by atoms with E-state index in [1.807, 2.05) is 34.1 Å². The molecule has 0 spiro atoms. The molecule has 1 aromatic heterocycles. The molecule has 6 aliphatic heterocycles. The first-order valence-electron chi connectivity index (χ1n) is 19.3. The van der Waals surface area contributed by atoms with E-state index in [1.54, 1.807) is 24.3 Å². The molecule has 2 atom stereocenters. The monoisotopic (exact) mass is 748 g/mol. The Morgan fingerprint density at radius 3 is 2.29 bits per heavy atom. The summed E-state index contributed by atoms with van der Waals surface area (Å²) in [5.41, 5.74) is 3.63. The smallest absolute Gasteiger partial charge is 0.320 e. The molecule has 1 unspecified atom stereocenters. The van der Waals surface area contributed by atoms with Gasteiger partial charge in [-0.3, -0.25) is 29.4 Å². The number of anilines is 3. The number of para-hydroxylation sites is 1. The van der Waals surface area contributed by atoms with E-state index in [0.29, 0.717) is 74.0 Å². The Bertz CT molecular complexity index is 2060. The number of imide groups is 2. The number of fused-ring (bicyclic) bond motifs is 4. The number of nitrogens with zero attached hydrogens (tertiary/aromatic N) is 7. The van der Waals surface area contributed by atoms with Crippen molar-refractivity contribution < 1.29 is 29.1 Å². The molecule has 0 aliphatic carbocycles. The maximum Gasteiger partial charge on any atom is 0.320 e. The quantitative estimate of drug-likeness (QED) is 0.279. The standard InChI is InChI=1S/C39H44N10O6/c50-33-4-2-1-3-28(33)30-20-32-35(44-43-30)40-21-26-22-47(17-18-48(26)32)39(55)46-15-11-24(12-16-46)41-23-9-13-45(14-10-23)25-5-6-27-29(19-25)38(54)49(37(27)53)31-7-8-34(51)42-36(31)52/h1-6,19-20,23-24,26,31,41,50H,7-18,21-22H2,(H,40,44)(H,42,51,52)/t26-,31?/m0/s1. The van der Waals surface area contributed by atoms with Crippen LogP contribution in [0.3, 0.4) is 0 Å². The lowest BCUT2D eigenvalue weighted by atomic mass is 9.98. The minimum atomic E-state index is -0.979. The van der Waals surface area contributed by atoms with Crippen molar-refractivity contribution in [2.24, 2.45) is 0 Å². The fourth-order valence-electron chi connectivity index (χ4n) is 9.01. The van der Waals surface area contributed by atoms with E-state index in [-0.39, 0.29) is 36.2 Å². The van der Waals surface area contributed by atoms with E-state index in [0.717, 1.165) is 55.0 Å². The minimum absolute atomic E-state index is 0.0874. The van der Waals surface area contributed by atoms with E-state index in [2.05, 4.69) is 35.9 Å². The van der Waals surface area contributed by atoms with Gasteiger partial charge in [0.2, 0.25) is 11.8 Å². The molecule has 0 radical (unpaired) electrons. The Labute approximate surface area is 317 Å². The van der Waals surface area contributed by atoms with Crippen LogP contribution in [0.5, 0.6) is 5.75 Å². The summed E-state index contributed by atoms with van der Waals surface area (Å²) in [5.74, 6) is -1.12. The van der Waals surface area contributed by atoms with Crippen LogP contribution in [-0.4, -0.2) is 136 Å². The number of carbonyl (C=O) groups is 5. The van der Waals surface area contributed by atoms with Crippen LogP contribution in [-0.2, 0) is 9.59 Å². The Balaban J connectivity index is 0.745. The van der Waals surface area contributed by atoms with Crippen LogP contribution in [0.25, 0.3) is 11.3 Å². The highest BCUT2D eigenvalue weighted by molar-refractivity contribution is 6.23. The topological polar surface area (TPSA) is 184 Å². The van der Waals surface area contributed by atoms with Gasteiger partial charge in [-0.15, -0.1) is 10.2 Å². The number of aromatic nitrogens is 2. The number of nitrogens with one attached hydrogen (secondary N) is 3. The number of piperazine rings is 1. The molecule has 16 heteroatoms. The summed E-state index contributed by atoms with van der Waals surface area (Å²) in [4.78, 5) is 73.7. The van der Waals surface area contributed by atoms with Crippen LogP contribution in [0.2, 0.25) is 0 Å². The van der Waals surface area contributed by atoms with Crippen LogP contribution in [0.4, 0.5) is 22.0 Å². The fourth-order valence-corrected chi connectivity index (χ4v) is 9.01. The molecule has 0 bridgehead atoms. The predicted octanol–water partition coefficient (Wildman–Crippen LogP) is 2.01. The van der Waals surface area contributed by atoms with Gasteiger partial charge >= 0.3 is 6.03 Å². The number of hydrogen-bond donors (Lipinski definition) is 4. The van der Waals surface area contributed by atoms with Gasteiger partial charge < -0.3 is 35.3 Å². The SMILES string of the molecule is O=C1CCC(N2C(=O)c3ccc(N4CCC(NC5CCN(C(=O)N6CCN7c8cc(-c9ccccc9O)nnc8NC[C@H]7C6)CC5)CC4)cc3C2=O)C(=O)N1. The summed E-state index contributed by atoms with van der Waals surface area (Å²) in [7, 11) is 0. The molecule has 9 rings (SSSR count). The van der Waals surface area contributed by atoms with Crippen molar-refractivity contribution in [1.82, 2.24) is 35.5 Å². The van der Waals surface area contributed by atoms with Gasteiger partial charge in [-0.25, -0.2) is 4.79 Å². The summed E-state index contributed by atoms with van der Waals surface area (Å²) in [6.45, 7) is 5.59. The van der Waals surface area contributed by atoms with Crippen molar-refractivity contribution in [3.05, 3.63) is 59.7 Å². The van der Waals surface area contributed by atoms with Crippen molar-refractivity contribution in [3.8, 4) is 17.0 Å². The lowest BCUT2D eigenvalue weighted by Crippen LogP contribution is -2.61. The Hall–Kier alpha value is -5.77. The van der Waals surface area contributed by atoms with Crippen LogP contribution < -0.4 is 25.8 Å². The number of hydrogen-bond acceptors (Lipinski definition) is 12. The van der Waals surface area contributed by atoms with E-state index >= 15 is 0 Å². The van der Waals surface area contributed by atoms with E-state index in [4.69, 9.17) is 0 Å². The zero-order valence-electron chi connectivity index (χ0n) is 30.4. The van der Waals surface area contributed by atoms with E-state index in [1.165, 1.54) is 0 Å². The number of likely N-dealkylation sites (tertiary alicyclic amines) is 1. The number of urea groups is 1. The summed E-state index contributed by atoms with van der Waals surface area (Å²) in [5, 5.41) is 28.6. The Morgan fingerprint density at radius 2 is 1.53 bits per heavy atom. The van der Waals surface area contributed by atoms with Crippen molar-refractivity contribution >= 4 is 46.9 Å². The van der Waals surface area contributed by atoms with Gasteiger partial charge in [-0.05, 0) is 68.5 Å². The molecule has 286 valence electrons. The normalized spacial score (nSPS) is 23.3. The second-order valence-electron chi connectivity index (χ2n) is 15.3. The van der Waals surface area contributed by atoms with Gasteiger partial charge in [0.05, 0.1) is 28.6 Å². The number of rotatable bonds is 5. The van der Waals surface area contributed by atoms with Gasteiger partial charge in [0.25, 0.3) is 11.8 Å². The summed E-state index contributed by atoms with van der Waals surface area (Å²) in [6, 6.07) is 14.3. The lowest BCUT2D eigenvalue weighted by molar-refractivity contribution is -0.136. The number of carbonyl (C=O) groups excluding carboxylic acids is 5. The Kier molecular flexibility index (Phi) is 8.99. The first-order valence-corrected chi connectivity index (χ1v) is 19.3. The Morgan fingerprint density at radius 1 is 0.782 bits per heavy atom. The van der Waals surface area contributed by atoms with Crippen LogP contribution in [0.15, 0.2) is 48.5 Å². The number of piperidine rings is 3. The highest BCUT2D eigenvalue weighted by Gasteiger charge is 2.45. The second-order valence-corrected chi connectivity index (χ2v) is 15.3. The van der Waals surface area contributed by atoms with E-state index in [9.17, 15) is 29.1 Å². The summed E-state index contributed by atoms with van der Waals surface area (Å²) < 4.78 is 0. The molecular weight excluding hydrogens is 704 g/mol. The molecule has 55 heavy (non-hydrogen) atoms. The zero-order valence-corrected chi connectivity index (χ0v) is 30.4. The van der Waals surface area contributed by atoms with Crippen molar-refractivity contribution in [2.75, 3.05) is 67.5 Å². The number of amides is 6. The largest absolute Gasteiger partial charge is 0.507 e. The maximum atomic E-state index is 13.7. The van der Waals surface area contributed by atoms with Crippen LogP contribution in [0, 0.1) is 0 Å². The van der Waals surface area contributed by atoms with Gasteiger partial charge in [0.15, 0.2) is 5.82 Å². The molecule has 6 amide bonds. The minimum Gasteiger partial charge on any atom is -0.507 e. The third-order valence-corrected chi connectivity index (χ3v) is 12.0. The average Bonchev–Trinajstić information content (AvgIpc) is 3.45. The third kappa shape index (κ3) is 6.47. The first-order chi connectivity index (χ1) is 26.7. The first kappa shape index (κ1) is 35.0. The molecule has 16 nitrogen and oxygen atoms in total. The average molecular weight is 749 g/mol. The maximum absolute atomic E-state index is 13.7. The van der Waals surface area contributed by atoms with Gasteiger partial charge in [-0.2, -0.15) is 0 Å². The highest BCUT2D eigenvalue weighted by Crippen LogP contribution is 2.37. The summed E-state index contributed by atoms with van der Waals surface area (Å²) >= 11 is 0. The molecule has 0 saturated carbocycles. The van der Waals surface area contributed by atoms with Gasteiger partial charge in [0, 0.05) is 82.1 Å². The van der Waals surface area contributed by atoms with Gasteiger partial charge in [-0.1, -0.05) is 12.1 Å². The second kappa shape index (κ2) is 14.1. The van der Waals surface area contributed by atoms with Crippen LogP contribution >= 0.6 is 0 Å². The molecule has 7 heterocycles. The van der Waals surface area contributed by atoms with Crippen LogP contribution in [0.1, 0.15) is 59.2 Å². The molecular formula is C39H44N10O6. The van der Waals surface area contributed by atoms with Crippen molar-refractivity contribution in [1.29, 1.82) is 0 Å². The molecule has 6 aliphatic rings. The summed E-state index contributed by atoms with van der Waals surface area (Å²) in [6.07, 6.45) is 3.85. The van der Waals surface area contributed by atoms with E-state index < -0.39 is 29.7 Å². The fraction of sp³-hybridized carbons (Fsp3) is 0.462. The number of aromatic hydroxyl groups is 1. The number of phenols is 1. The number of benzene rings is 2. The number of phenolic OH excluding ortho intramolecular Hbond substituents is 1. The molecule has 2 aromatic carbocycles. The predicted molar refractivity (Wildman–Crippen MR) is 202 cm³/mol. The molecule has 4 fully saturated rings. The van der Waals surface area contributed by atoms with Crippen molar-refractivity contribution in [2.45, 2.75) is 62.7 Å². The zero-order chi connectivity index (χ0) is 37.8. The third-order valence-electron chi connectivity index (χ3n) is 12.0. The molecule has 3 aromatic rings.